The van der Waals surface area contributed by atoms with Gasteiger partial charge in [0.1, 0.15) is 0 Å². The number of benzene rings is 1. The second-order valence-electron chi connectivity index (χ2n) is 3.80. The Balaban J connectivity index is 2.32. The molecule has 1 aliphatic carbocycles. The molecule has 0 atom stereocenters. The third-order valence-corrected chi connectivity index (χ3v) is 2.64. The number of fused-ring (bicyclic) bond motifs is 1. The number of allylic oxidation sites excluding steroid dienone is 2. The molecular weight excluding hydrogens is 220 g/mol. The number of aliphatic carboxylic acids is 1. The lowest BCUT2D eigenvalue weighted by molar-refractivity contribution is -0.136. The highest BCUT2D eigenvalue weighted by Gasteiger charge is 2.24. The molecule has 2 rings (SSSR count). The number of carboxylic acid groups (broad SMARTS) is 1. The highest BCUT2D eigenvalue weighted by molar-refractivity contribution is 6.24. The van der Waals surface area contributed by atoms with E-state index in [9.17, 15) is 14.4 Å². The predicted molar refractivity (Wildman–Crippen MR) is 60.1 cm³/mol. The van der Waals surface area contributed by atoms with Crippen molar-refractivity contribution in [3.63, 3.8) is 0 Å². The van der Waals surface area contributed by atoms with Crippen molar-refractivity contribution in [1.29, 1.82) is 0 Å². The minimum atomic E-state index is -0.981. The molecule has 1 aliphatic rings. The molecule has 0 bridgehead atoms. The summed E-state index contributed by atoms with van der Waals surface area (Å²) >= 11 is 0. The zero-order valence-electron chi connectivity index (χ0n) is 8.97. The van der Waals surface area contributed by atoms with E-state index >= 15 is 0 Å². The van der Waals surface area contributed by atoms with Crippen molar-refractivity contribution in [2.45, 2.75) is 12.8 Å². The van der Waals surface area contributed by atoms with Gasteiger partial charge in [0.2, 0.25) is 0 Å². The summed E-state index contributed by atoms with van der Waals surface area (Å²) in [5, 5.41) is 8.57. The number of rotatable bonds is 3. The fraction of sp³-hybridized carbons (Fsp3) is 0.154. The Morgan fingerprint density at radius 2 is 1.76 bits per heavy atom. The van der Waals surface area contributed by atoms with Gasteiger partial charge in [0, 0.05) is 23.1 Å². The zero-order valence-corrected chi connectivity index (χ0v) is 8.97. The van der Waals surface area contributed by atoms with Crippen LogP contribution in [0.2, 0.25) is 0 Å². The average Bonchev–Trinajstić information content (AvgIpc) is 2.32. The Morgan fingerprint density at radius 1 is 1.12 bits per heavy atom. The first-order chi connectivity index (χ1) is 8.09. The summed E-state index contributed by atoms with van der Waals surface area (Å²) in [7, 11) is 0. The van der Waals surface area contributed by atoms with Crippen LogP contribution in [0.25, 0.3) is 0 Å². The van der Waals surface area contributed by atoms with E-state index in [1.165, 1.54) is 6.08 Å². The van der Waals surface area contributed by atoms with Crippen molar-refractivity contribution in [2.24, 2.45) is 0 Å². The molecule has 1 N–H and O–H groups in total. The largest absolute Gasteiger partial charge is 0.481 e. The Morgan fingerprint density at radius 3 is 2.41 bits per heavy atom. The lowest BCUT2D eigenvalue weighted by Gasteiger charge is -2.13. The minimum Gasteiger partial charge on any atom is -0.481 e. The smallest absolute Gasteiger partial charge is 0.303 e. The van der Waals surface area contributed by atoms with E-state index in [-0.39, 0.29) is 30.0 Å². The maximum absolute atomic E-state index is 12.0. The highest BCUT2D eigenvalue weighted by atomic mass is 16.4. The number of carboxylic acids is 1. The number of hydrogen-bond acceptors (Lipinski definition) is 3. The molecule has 1 aromatic carbocycles. The second kappa shape index (κ2) is 4.33. The zero-order chi connectivity index (χ0) is 12.4. The quantitative estimate of drug-likeness (QED) is 0.860. The Bertz CT molecular complexity index is 540. The summed E-state index contributed by atoms with van der Waals surface area (Å²) in [6.07, 6.45) is 1.19. The van der Waals surface area contributed by atoms with Gasteiger partial charge in [0.15, 0.2) is 11.6 Å². The standard InChI is InChI=1S/C13H10O4/c14-11-7-8(5-6-12(15)16)13(17)10-4-2-1-3-9(10)11/h1-4,7H,5-6H2,(H,15,16). The van der Waals surface area contributed by atoms with Gasteiger partial charge in [-0.1, -0.05) is 24.3 Å². The molecule has 4 nitrogen and oxygen atoms in total. The number of ketones is 2. The molecule has 0 unspecified atom stereocenters. The molecule has 0 radical (unpaired) electrons. The van der Waals surface area contributed by atoms with Crippen LogP contribution in [0, 0.1) is 0 Å². The number of carbonyl (C=O) groups is 3. The van der Waals surface area contributed by atoms with Gasteiger partial charge in [-0.3, -0.25) is 14.4 Å². The van der Waals surface area contributed by atoms with Crippen molar-refractivity contribution in [3.8, 4) is 0 Å². The van der Waals surface area contributed by atoms with E-state index in [1.54, 1.807) is 24.3 Å². The van der Waals surface area contributed by atoms with Crippen LogP contribution in [0.15, 0.2) is 35.9 Å². The molecule has 0 aliphatic heterocycles. The molecule has 0 saturated heterocycles. The summed E-state index contributed by atoms with van der Waals surface area (Å²) < 4.78 is 0. The first kappa shape index (κ1) is 11.3. The lowest BCUT2D eigenvalue weighted by Crippen LogP contribution is -2.17. The van der Waals surface area contributed by atoms with Crippen LogP contribution >= 0.6 is 0 Å². The van der Waals surface area contributed by atoms with E-state index in [0.717, 1.165) is 0 Å². The van der Waals surface area contributed by atoms with Gasteiger partial charge in [0.05, 0.1) is 0 Å². The average molecular weight is 230 g/mol. The van der Waals surface area contributed by atoms with Crippen molar-refractivity contribution < 1.29 is 19.5 Å². The van der Waals surface area contributed by atoms with Gasteiger partial charge in [-0.2, -0.15) is 0 Å². The molecule has 0 heterocycles. The van der Waals surface area contributed by atoms with Crippen molar-refractivity contribution in [2.75, 3.05) is 0 Å². The summed E-state index contributed by atoms with van der Waals surface area (Å²) in [4.78, 5) is 34.1. The van der Waals surface area contributed by atoms with Crippen molar-refractivity contribution in [3.05, 3.63) is 47.0 Å². The molecule has 0 aromatic heterocycles. The van der Waals surface area contributed by atoms with Crippen LogP contribution in [0.5, 0.6) is 0 Å². The van der Waals surface area contributed by atoms with Crippen LogP contribution < -0.4 is 0 Å². The molecule has 0 spiro atoms. The van der Waals surface area contributed by atoms with E-state index in [4.69, 9.17) is 5.11 Å². The summed E-state index contributed by atoms with van der Waals surface area (Å²) in [5.74, 6) is -1.47. The van der Waals surface area contributed by atoms with Crippen LogP contribution in [-0.2, 0) is 4.79 Å². The monoisotopic (exact) mass is 230 g/mol. The third kappa shape index (κ3) is 2.15. The Hall–Kier alpha value is -2.23. The SMILES string of the molecule is O=C(O)CCC1=CC(=O)c2ccccc2C1=O. The maximum Gasteiger partial charge on any atom is 0.303 e. The fourth-order valence-corrected chi connectivity index (χ4v) is 1.80. The molecule has 4 heteroatoms. The van der Waals surface area contributed by atoms with Gasteiger partial charge in [-0.25, -0.2) is 0 Å². The molecule has 17 heavy (non-hydrogen) atoms. The Labute approximate surface area is 97.6 Å². The van der Waals surface area contributed by atoms with Gasteiger partial charge >= 0.3 is 5.97 Å². The summed E-state index contributed by atoms with van der Waals surface area (Å²) in [6, 6.07) is 6.56. The molecule has 86 valence electrons. The van der Waals surface area contributed by atoms with E-state index < -0.39 is 5.97 Å². The molecule has 0 fully saturated rings. The maximum atomic E-state index is 12.0. The van der Waals surface area contributed by atoms with E-state index in [2.05, 4.69) is 0 Å². The molecule has 0 amide bonds. The van der Waals surface area contributed by atoms with Crippen molar-refractivity contribution >= 4 is 17.5 Å². The van der Waals surface area contributed by atoms with Crippen LogP contribution in [-0.4, -0.2) is 22.6 Å². The van der Waals surface area contributed by atoms with E-state index in [0.29, 0.717) is 11.1 Å². The third-order valence-electron chi connectivity index (χ3n) is 2.64. The Kier molecular flexibility index (Phi) is 2.87. The van der Waals surface area contributed by atoms with Crippen LogP contribution in [0.4, 0.5) is 0 Å². The van der Waals surface area contributed by atoms with Gasteiger partial charge in [-0.15, -0.1) is 0 Å². The second-order valence-corrected chi connectivity index (χ2v) is 3.80. The van der Waals surface area contributed by atoms with E-state index in [1.807, 2.05) is 0 Å². The number of Topliss-reactive ketones (excluding diaryl/α,β-unsaturated/α-hetero) is 1. The lowest BCUT2D eigenvalue weighted by atomic mass is 9.88. The fourth-order valence-electron chi connectivity index (χ4n) is 1.80. The molecule has 1 aromatic rings. The first-order valence-electron chi connectivity index (χ1n) is 5.20. The topological polar surface area (TPSA) is 71.4 Å². The van der Waals surface area contributed by atoms with Gasteiger partial charge in [-0.05, 0) is 12.5 Å². The first-order valence-corrected chi connectivity index (χ1v) is 5.20. The highest BCUT2D eigenvalue weighted by Crippen LogP contribution is 2.23. The molecule has 0 saturated carbocycles. The number of hydrogen-bond donors (Lipinski definition) is 1. The van der Waals surface area contributed by atoms with Crippen LogP contribution in [0.1, 0.15) is 33.6 Å². The predicted octanol–water partition coefficient (Wildman–Crippen LogP) is 1.86. The summed E-state index contributed by atoms with van der Waals surface area (Å²) in [5.41, 5.74) is 1.02. The van der Waals surface area contributed by atoms with Crippen molar-refractivity contribution in [1.82, 2.24) is 0 Å². The minimum absolute atomic E-state index is 0.0915. The van der Waals surface area contributed by atoms with Crippen LogP contribution in [0.3, 0.4) is 0 Å². The normalized spacial score (nSPS) is 14.2. The van der Waals surface area contributed by atoms with Gasteiger partial charge < -0.3 is 5.11 Å². The summed E-state index contributed by atoms with van der Waals surface area (Å²) in [6.45, 7) is 0. The number of carbonyl (C=O) groups excluding carboxylic acids is 2. The molecular formula is C13H10O4. The van der Waals surface area contributed by atoms with Gasteiger partial charge in [0.25, 0.3) is 0 Å².